The number of rotatable bonds is 5. The Morgan fingerprint density at radius 2 is 2.44 bits per heavy atom. The molecule has 0 fully saturated rings. The summed E-state index contributed by atoms with van der Waals surface area (Å²) in [6.07, 6.45) is 3.19. The predicted molar refractivity (Wildman–Crippen MR) is 36.0 cm³/mol. The highest BCUT2D eigenvalue weighted by molar-refractivity contribution is 5.55. The summed E-state index contributed by atoms with van der Waals surface area (Å²) >= 11 is 0. The molecule has 0 spiro atoms. The van der Waals surface area contributed by atoms with Crippen LogP contribution >= 0.6 is 0 Å². The van der Waals surface area contributed by atoms with E-state index in [2.05, 4.69) is 5.16 Å². The van der Waals surface area contributed by atoms with Gasteiger partial charge in [0.1, 0.15) is 0 Å². The molecule has 3 heteroatoms. The van der Waals surface area contributed by atoms with E-state index in [0.717, 1.165) is 26.1 Å². The fourth-order valence-electron chi connectivity index (χ4n) is 0.479. The van der Waals surface area contributed by atoms with Crippen molar-refractivity contribution in [3.05, 3.63) is 0 Å². The number of ether oxygens (including phenoxy) is 1. The molecule has 0 heterocycles. The van der Waals surface area contributed by atoms with Gasteiger partial charge in [0.05, 0.1) is 0 Å². The van der Waals surface area contributed by atoms with Crippen molar-refractivity contribution in [2.24, 2.45) is 5.16 Å². The minimum Gasteiger partial charge on any atom is -0.411 e. The second kappa shape index (κ2) is 7.43. The van der Waals surface area contributed by atoms with Gasteiger partial charge in [0, 0.05) is 19.4 Å². The predicted octanol–water partition coefficient (Wildman–Crippen LogP) is 1.26. The molecular formula is C6H13NO2. The van der Waals surface area contributed by atoms with Gasteiger partial charge in [0.25, 0.3) is 0 Å². The van der Waals surface area contributed by atoms with E-state index in [9.17, 15) is 0 Å². The largest absolute Gasteiger partial charge is 0.411 e. The maximum absolute atomic E-state index is 7.95. The molecule has 1 N–H and O–H groups in total. The average molecular weight is 131 g/mol. The van der Waals surface area contributed by atoms with Crippen LogP contribution in [0.1, 0.15) is 19.8 Å². The monoisotopic (exact) mass is 131 g/mol. The Kier molecular flexibility index (Phi) is 6.96. The van der Waals surface area contributed by atoms with Gasteiger partial charge in [-0.1, -0.05) is 0 Å². The summed E-state index contributed by atoms with van der Waals surface area (Å²) in [5.74, 6) is 0. The van der Waals surface area contributed by atoms with E-state index in [-0.39, 0.29) is 0 Å². The minimum atomic E-state index is 0.752. The summed E-state index contributed by atoms with van der Waals surface area (Å²) in [7, 11) is 0. The molecule has 54 valence electrons. The lowest BCUT2D eigenvalue weighted by molar-refractivity contribution is 0.146. The molecule has 0 aliphatic carbocycles. The SMILES string of the molecule is CCOCCCC=NO. The van der Waals surface area contributed by atoms with Gasteiger partial charge in [0.15, 0.2) is 0 Å². The molecule has 0 aliphatic rings. The zero-order chi connectivity index (χ0) is 6.95. The Balaban J connectivity index is 2.75. The Morgan fingerprint density at radius 1 is 1.67 bits per heavy atom. The molecule has 0 bridgehead atoms. The molecule has 0 aromatic heterocycles. The molecule has 0 aromatic rings. The molecule has 0 aromatic carbocycles. The van der Waals surface area contributed by atoms with E-state index in [4.69, 9.17) is 9.94 Å². The third kappa shape index (κ3) is 7.43. The second-order valence-electron chi connectivity index (χ2n) is 1.64. The van der Waals surface area contributed by atoms with Gasteiger partial charge >= 0.3 is 0 Å². The van der Waals surface area contributed by atoms with E-state index in [1.54, 1.807) is 0 Å². The van der Waals surface area contributed by atoms with Crippen LogP contribution in [-0.2, 0) is 4.74 Å². The smallest absolute Gasteiger partial charge is 0.0469 e. The fraction of sp³-hybridized carbons (Fsp3) is 0.833. The first-order valence-corrected chi connectivity index (χ1v) is 3.15. The summed E-state index contributed by atoms with van der Waals surface area (Å²) in [6, 6.07) is 0. The van der Waals surface area contributed by atoms with Crippen LogP contribution in [0, 0.1) is 0 Å². The first-order valence-electron chi connectivity index (χ1n) is 3.15. The van der Waals surface area contributed by atoms with Crippen LogP contribution in [0.5, 0.6) is 0 Å². The van der Waals surface area contributed by atoms with Gasteiger partial charge in [-0.3, -0.25) is 0 Å². The number of hydrogen-bond acceptors (Lipinski definition) is 3. The molecule has 0 atom stereocenters. The number of hydrogen-bond donors (Lipinski definition) is 1. The molecule has 9 heavy (non-hydrogen) atoms. The molecule has 0 aliphatic heterocycles. The normalized spacial score (nSPS) is 10.8. The second-order valence-corrected chi connectivity index (χ2v) is 1.64. The van der Waals surface area contributed by atoms with Gasteiger partial charge in [-0.15, -0.1) is 5.16 Å². The quantitative estimate of drug-likeness (QED) is 0.264. The van der Waals surface area contributed by atoms with Crippen molar-refractivity contribution in [3.63, 3.8) is 0 Å². The van der Waals surface area contributed by atoms with Crippen molar-refractivity contribution in [2.75, 3.05) is 13.2 Å². The fourth-order valence-corrected chi connectivity index (χ4v) is 0.479. The highest BCUT2D eigenvalue weighted by Crippen LogP contribution is 1.85. The minimum absolute atomic E-state index is 0.752. The van der Waals surface area contributed by atoms with Gasteiger partial charge in [0.2, 0.25) is 0 Å². The van der Waals surface area contributed by atoms with Crippen molar-refractivity contribution >= 4 is 6.21 Å². The van der Waals surface area contributed by atoms with E-state index in [1.807, 2.05) is 6.92 Å². The van der Waals surface area contributed by atoms with Gasteiger partial charge in [-0.25, -0.2) is 0 Å². The topological polar surface area (TPSA) is 41.8 Å². The molecule has 0 radical (unpaired) electrons. The van der Waals surface area contributed by atoms with Gasteiger partial charge in [-0.2, -0.15) is 0 Å². The van der Waals surface area contributed by atoms with Crippen LogP contribution in [0.25, 0.3) is 0 Å². The van der Waals surface area contributed by atoms with Crippen molar-refractivity contribution in [1.29, 1.82) is 0 Å². The molecule has 0 saturated heterocycles. The Morgan fingerprint density at radius 3 is 3.00 bits per heavy atom. The highest BCUT2D eigenvalue weighted by Gasteiger charge is 1.82. The zero-order valence-corrected chi connectivity index (χ0v) is 5.71. The Hall–Kier alpha value is -0.570. The van der Waals surface area contributed by atoms with Crippen molar-refractivity contribution in [1.82, 2.24) is 0 Å². The molecule has 0 saturated carbocycles. The number of nitrogens with zero attached hydrogens (tertiary/aromatic N) is 1. The molecule has 3 nitrogen and oxygen atoms in total. The van der Waals surface area contributed by atoms with Crippen LogP contribution in [-0.4, -0.2) is 24.6 Å². The summed E-state index contributed by atoms with van der Waals surface area (Å²) in [5.41, 5.74) is 0. The third-order valence-corrected chi connectivity index (χ3v) is 0.908. The molecular weight excluding hydrogens is 118 g/mol. The first kappa shape index (κ1) is 8.43. The van der Waals surface area contributed by atoms with E-state index >= 15 is 0 Å². The van der Waals surface area contributed by atoms with E-state index < -0.39 is 0 Å². The molecule has 0 unspecified atom stereocenters. The van der Waals surface area contributed by atoms with Gasteiger partial charge < -0.3 is 9.94 Å². The molecule has 0 rings (SSSR count). The first-order chi connectivity index (χ1) is 4.41. The van der Waals surface area contributed by atoms with Crippen LogP contribution in [0.2, 0.25) is 0 Å². The maximum Gasteiger partial charge on any atom is 0.0469 e. The Labute approximate surface area is 55.3 Å². The number of unbranched alkanes of at least 4 members (excludes halogenated alkanes) is 1. The van der Waals surface area contributed by atoms with Crippen molar-refractivity contribution in [2.45, 2.75) is 19.8 Å². The summed E-state index contributed by atoms with van der Waals surface area (Å²) in [4.78, 5) is 0. The zero-order valence-electron chi connectivity index (χ0n) is 5.71. The summed E-state index contributed by atoms with van der Waals surface area (Å²) in [5, 5.41) is 10.8. The van der Waals surface area contributed by atoms with Gasteiger partial charge in [-0.05, 0) is 19.8 Å². The molecule has 0 amide bonds. The summed E-state index contributed by atoms with van der Waals surface area (Å²) in [6.45, 7) is 3.47. The van der Waals surface area contributed by atoms with E-state index in [0.29, 0.717) is 0 Å². The third-order valence-electron chi connectivity index (χ3n) is 0.908. The van der Waals surface area contributed by atoms with Crippen LogP contribution in [0.15, 0.2) is 5.16 Å². The van der Waals surface area contributed by atoms with Crippen LogP contribution in [0.3, 0.4) is 0 Å². The number of oxime groups is 1. The highest BCUT2D eigenvalue weighted by atomic mass is 16.5. The van der Waals surface area contributed by atoms with Crippen molar-refractivity contribution < 1.29 is 9.94 Å². The van der Waals surface area contributed by atoms with Crippen LogP contribution < -0.4 is 0 Å². The van der Waals surface area contributed by atoms with Crippen molar-refractivity contribution in [3.8, 4) is 0 Å². The summed E-state index contributed by atoms with van der Waals surface area (Å²) < 4.78 is 5.04. The Bertz CT molecular complexity index is 73.5. The average Bonchev–Trinajstić information content (AvgIpc) is 1.89. The van der Waals surface area contributed by atoms with Crippen LogP contribution in [0.4, 0.5) is 0 Å². The lowest BCUT2D eigenvalue weighted by Gasteiger charge is -1.95. The standard InChI is InChI=1S/C6H13NO2/c1-2-9-6-4-3-5-7-8/h5,8H,2-4,6H2,1H3. The van der Waals surface area contributed by atoms with E-state index in [1.165, 1.54) is 6.21 Å². The lowest BCUT2D eigenvalue weighted by atomic mass is 10.3. The lowest BCUT2D eigenvalue weighted by Crippen LogP contribution is -1.92. The maximum atomic E-state index is 7.95.